The topological polar surface area (TPSA) is 70.8 Å². The highest BCUT2D eigenvalue weighted by molar-refractivity contribution is 6.28. The number of hydrogen-bond donors (Lipinski definition) is 1. The van der Waals surface area contributed by atoms with Gasteiger partial charge >= 0.3 is 6.18 Å². The van der Waals surface area contributed by atoms with E-state index in [0.29, 0.717) is 19.2 Å². The number of aromatic nitrogens is 2. The summed E-state index contributed by atoms with van der Waals surface area (Å²) in [6, 6.07) is 1.48. The number of rotatable bonds is 2. The van der Waals surface area contributed by atoms with E-state index >= 15 is 0 Å². The van der Waals surface area contributed by atoms with Crippen LogP contribution in [0.5, 0.6) is 0 Å². The summed E-state index contributed by atoms with van der Waals surface area (Å²) in [6.45, 7) is 0.546. The Morgan fingerprint density at radius 1 is 1.50 bits per heavy atom. The van der Waals surface area contributed by atoms with Crippen LogP contribution in [-0.4, -0.2) is 29.2 Å². The largest absolute Gasteiger partial charge is 0.421 e. The molecule has 5 nitrogen and oxygen atoms in total. The Labute approximate surface area is 117 Å². The molecule has 0 radical (unpaired) electrons. The summed E-state index contributed by atoms with van der Waals surface area (Å²) in [5.41, 5.74) is -1.02. The van der Waals surface area contributed by atoms with Crippen LogP contribution in [0.3, 0.4) is 0 Å². The van der Waals surface area contributed by atoms with Crippen LogP contribution in [-0.2, 0) is 10.9 Å². The Bertz CT molecular complexity index is 531. The minimum Gasteiger partial charge on any atom is -0.379 e. The molecule has 0 bridgehead atoms. The van der Waals surface area contributed by atoms with Crippen LogP contribution in [0, 0.1) is 17.2 Å². The molecule has 0 amide bonds. The first-order valence-corrected chi connectivity index (χ1v) is 6.13. The summed E-state index contributed by atoms with van der Waals surface area (Å²) in [7, 11) is 0. The first-order chi connectivity index (χ1) is 9.41. The molecule has 1 fully saturated rings. The van der Waals surface area contributed by atoms with Crippen molar-refractivity contribution >= 4 is 17.4 Å². The van der Waals surface area contributed by atoms with Gasteiger partial charge in [0.2, 0.25) is 5.28 Å². The molecular weight excluding hydrogens is 297 g/mol. The summed E-state index contributed by atoms with van der Waals surface area (Å²) in [5, 5.41) is 11.3. The van der Waals surface area contributed by atoms with E-state index in [9.17, 15) is 13.2 Å². The van der Waals surface area contributed by atoms with Crippen LogP contribution in [0.4, 0.5) is 19.0 Å². The van der Waals surface area contributed by atoms with E-state index in [2.05, 4.69) is 15.3 Å². The van der Waals surface area contributed by atoms with Gasteiger partial charge in [-0.3, -0.25) is 0 Å². The van der Waals surface area contributed by atoms with Crippen molar-refractivity contribution in [3.05, 3.63) is 17.0 Å². The highest BCUT2D eigenvalue weighted by atomic mass is 35.5. The molecule has 1 N–H and O–H groups in total. The standard InChI is InChI=1S/C11H10ClF3N4O/c12-10-17-4-7(11(13,14)15)9(19-10)18-8-5-20-2-1-6(8)3-16/h4,6,8H,1-2,5H2,(H,17,18,19). The van der Waals surface area contributed by atoms with Crippen LogP contribution in [0.1, 0.15) is 12.0 Å². The molecule has 2 unspecified atom stereocenters. The third-order valence-corrected chi connectivity index (χ3v) is 3.09. The average Bonchev–Trinajstić information content (AvgIpc) is 2.38. The van der Waals surface area contributed by atoms with Gasteiger partial charge in [-0.2, -0.15) is 18.4 Å². The van der Waals surface area contributed by atoms with Gasteiger partial charge in [0.15, 0.2) is 0 Å². The van der Waals surface area contributed by atoms with Gasteiger partial charge in [-0.05, 0) is 18.0 Å². The number of nitrogens with zero attached hydrogens (tertiary/aromatic N) is 3. The molecule has 0 spiro atoms. The van der Waals surface area contributed by atoms with Gasteiger partial charge in [0, 0.05) is 12.8 Å². The van der Waals surface area contributed by atoms with Crippen molar-refractivity contribution in [3.63, 3.8) is 0 Å². The number of nitrogens with one attached hydrogen (secondary N) is 1. The van der Waals surface area contributed by atoms with Crippen molar-refractivity contribution in [2.24, 2.45) is 5.92 Å². The molecule has 1 saturated heterocycles. The molecule has 2 heterocycles. The van der Waals surface area contributed by atoms with Crippen molar-refractivity contribution in [1.82, 2.24) is 9.97 Å². The molecule has 2 atom stereocenters. The zero-order valence-electron chi connectivity index (χ0n) is 10.1. The second kappa shape index (κ2) is 5.81. The van der Waals surface area contributed by atoms with Crippen LogP contribution >= 0.6 is 11.6 Å². The number of anilines is 1. The van der Waals surface area contributed by atoms with Crippen molar-refractivity contribution in [1.29, 1.82) is 5.26 Å². The van der Waals surface area contributed by atoms with E-state index in [0.717, 1.165) is 0 Å². The van der Waals surface area contributed by atoms with Crippen molar-refractivity contribution in [3.8, 4) is 6.07 Å². The maximum absolute atomic E-state index is 12.9. The molecule has 1 aliphatic heterocycles. The average molecular weight is 307 g/mol. The minimum atomic E-state index is -4.61. The SMILES string of the molecule is N#CC1CCOCC1Nc1nc(Cl)ncc1C(F)(F)F. The molecule has 20 heavy (non-hydrogen) atoms. The van der Waals surface area contributed by atoms with Crippen LogP contribution in [0.25, 0.3) is 0 Å². The highest BCUT2D eigenvalue weighted by Gasteiger charge is 2.37. The zero-order valence-corrected chi connectivity index (χ0v) is 10.9. The number of halogens is 4. The second-order valence-electron chi connectivity index (χ2n) is 4.25. The maximum atomic E-state index is 12.9. The zero-order chi connectivity index (χ0) is 14.8. The Morgan fingerprint density at radius 3 is 2.90 bits per heavy atom. The van der Waals surface area contributed by atoms with Crippen molar-refractivity contribution in [2.75, 3.05) is 18.5 Å². The first kappa shape index (κ1) is 14.8. The predicted octanol–water partition coefficient (Wildman–Crippen LogP) is 2.49. The molecular formula is C11H10ClF3N4O. The fraction of sp³-hybridized carbons (Fsp3) is 0.545. The van der Waals surface area contributed by atoms with Gasteiger partial charge in [0.05, 0.1) is 24.6 Å². The van der Waals surface area contributed by atoms with Gasteiger partial charge in [-0.25, -0.2) is 9.97 Å². The van der Waals surface area contributed by atoms with E-state index < -0.39 is 29.5 Å². The molecule has 108 valence electrons. The molecule has 1 aromatic heterocycles. The molecule has 9 heteroatoms. The molecule has 1 aliphatic rings. The molecule has 0 aliphatic carbocycles. The molecule has 0 aromatic carbocycles. The highest BCUT2D eigenvalue weighted by Crippen LogP contribution is 2.34. The van der Waals surface area contributed by atoms with Gasteiger partial charge in [-0.1, -0.05) is 0 Å². The van der Waals surface area contributed by atoms with E-state index in [1.807, 2.05) is 6.07 Å². The Balaban J connectivity index is 2.28. The van der Waals surface area contributed by atoms with E-state index in [1.54, 1.807) is 0 Å². The lowest BCUT2D eigenvalue weighted by atomic mass is 9.96. The molecule has 2 rings (SSSR count). The predicted molar refractivity (Wildman–Crippen MR) is 64.0 cm³/mol. The lowest BCUT2D eigenvalue weighted by molar-refractivity contribution is -0.137. The van der Waals surface area contributed by atoms with E-state index in [-0.39, 0.29) is 11.9 Å². The normalized spacial score (nSPS) is 23.1. The van der Waals surface area contributed by atoms with Crippen molar-refractivity contribution < 1.29 is 17.9 Å². The van der Waals surface area contributed by atoms with Crippen LogP contribution in [0.2, 0.25) is 5.28 Å². The fourth-order valence-electron chi connectivity index (χ4n) is 1.89. The third kappa shape index (κ3) is 3.29. The van der Waals surface area contributed by atoms with E-state index in [4.69, 9.17) is 21.6 Å². The van der Waals surface area contributed by atoms with Gasteiger partial charge in [0.1, 0.15) is 11.4 Å². The summed E-state index contributed by atoms with van der Waals surface area (Å²) >= 11 is 5.53. The van der Waals surface area contributed by atoms with Crippen molar-refractivity contribution in [2.45, 2.75) is 18.6 Å². The molecule has 1 aromatic rings. The Hall–Kier alpha value is -1.59. The Kier molecular flexibility index (Phi) is 4.30. The fourth-order valence-corrected chi connectivity index (χ4v) is 2.02. The smallest absolute Gasteiger partial charge is 0.379 e. The Morgan fingerprint density at radius 2 is 2.25 bits per heavy atom. The second-order valence-corrected chi connectivity index (χ2v) is 4.59. The summed E-state index contributed by atoms with van der Waals surface area (Å²) in [6.07, 6.45) is -3.54. The quantitative estimate of drug-likeness (QED) is 0.850. The third-order valence-electron chi connectivity index (χ3n) is 2.91. The summed E-state index contributed by atoms with van der Waals surface area (Å²) < 4.78 is 43.7. The monoisotopic (exact) mass is 306 g/mol. The number of ether oxygens (including phenoxy) is 1. The first-order valence-electron chi connectivity index (χ1n) is 5.75. The van der Waals surface area contributed by atoms with Crippen LogP contribution < -0.4 is 5.32 Å². The summed E-state index contributed by atoms with van der Waals surface area (Å²) in [4.78, 5) is 6.90. The summed E-state index contributed by atoms with van der Waals surface area (Å²) in [5.74, 6) is -0.883. The van der Waals surface area contributed by atoms with Gasteiger partial charge < -0.3 is 10.1 Å². The van der Waals surface area contributed by atoms with Gasteiger partial charge in [0.25, 0.3) is 0 Å². The number of alkyl halides is 3. The lowest BCUT2D eigenvalue weighted by Crippen LogP contribution is -2.38. The molecule has 0 saturated carbocycles. The minimum absolute atomic E-state index is 0.136. The number of nitriles is 1. The van der Waals surface area contributed by atoms with Gasteiger partial charge in [-0.15, -0.1) is 0 Å². The maximum Gasteiger partial charge on any atom is 0.421 e. The lowest BCUT2D eigenvalue weighted by Gasteiger charge is -2.28. The van der Waals surface area contributed by atoms with Crippen LogP contribution in [0.15, 0.2) is 6.20 Å². The van der Waals surface area contributed by atoms with E-state index in [1.165, 1.54) is 0 Å². The number of hydrogen-bond acceptors (Lipinski definition) is 5.